The number of hydrogen-bond donors (Lipinski definition) is 1. The molecule has 3 heterocycles. The van der Waals surface area contributed by atoms with Crippen LogP contribution >= 0.6 is 46.2 Å². The van der Waals surface area contributed by atoms with Crippen molar-refractivity contribution in [3.8, 4) is 10.7 Å². The topological polar surface area (TPSA) is 93.8 Å². The van der Waals surface area contributed by atoms with Crippen LogP contribution in [0, 0.1) is 0 Å². The molecular formula is C14H15N5O2S4. The Morgan fingerprint density at radius 1 is 1.32 bits per heavy atom. The van der Waals surface area contributed by atoms with Crippen molar-refractivity contribution < 1.29 is 9.32 Å². The Kier molecular flexibility index (Phi) is 6.84. The summed E-state index contributed by atoms with van der Waals surface area (Å²) in [6.45, 7) is 2.72. The van der Waals surface area contributed by atoms with Gasteiger partial charge >= 0.3 is 0 Å². The molecule has 25 heavy (non-hydrogen) atoms. The van der Waals surface area contributed by atoms with E-state index in [-0.39, 0.29) is 5.91 Å². The monoisotopic (exact) mass is 413 g/mol. The van der Waals surface area contributed by atoms with Crippen molar-refractivity contribution >= 4 is 52.1 Å². The number of carbonyl (C=O) groups is 1. The lowest BCUT2D eigenvalue weighted by molar-refractivity contribution is -0.118. The first-order chi connectivity index (χ1) is 12.2. The van der Waals surface area contributed by atoms with Crippen molar-refractivity contribution in [1.29, 1.82) is 0 Å². The summed E-state index contributed by atoms with van der Waals surface area (Å²) >= 11 is 5.92. The summed E-state index contributed by atoms with van der Waals surface area (Å²) in [5.74, 6) is 2.07. The summed E-state index contributed by atoms with van der Waals surface area (Å²) < 4.78 is 6.85. The van der Waals surface area contributed by atoms with Gasteiger partial charge in [0.15, 0.2) is 8.68 Å². The smallest absolute Gasteiger partial charge is 0.237 e. The first kappa shape index (κ1) is 18.4. The Hall–Kier alpha value is -1.43. The second kappa shape index (κ2) is 9.32. The summed E-state index contributed by atoms with van der Waals surface area (Å²) in [6, 6.07) is 3.91. The van der Waals surface area contributed by atoms with Crippen LogP contribution in [0.1, 0.15) is 19.2 Å². The van der Waals surface area contributed by atoms with Gasteiger partial charge in [-0.1, -0.05) is 53.0 Å². The summed E-state index contributed by atoms with van der Waals surface area (Å²) in [5.41, 5.74) is 0. The molecule has 3 aromatic heterocycles. The number of aromatic nitrogens is 4. The predicted octanol–water partition coefficient (Wildman–Crippen LogP) is 3.56. The molecule has 0 aromatic carbocycles. The fourth-order valence-corrected chi connectivity index (χ4v) is 5.04. The van der Waals surface area contributed by atoms with Crippen LogP contribution < -0.4 is 5.32 Å². The zero-order valence-electron chi connectivity index (χ0n) is 13.3. The van der Waals surface area contributed by atoms with Crippen LogP contribution in [0.5, 0.6) is 0 Å². The van der Waals surface area contributed by atoms with Crippen LogP contribution in [-0.2, 0) is 10.5 Å². The lowest BCUT2D eigenvalue weighted by atomic mass is 10.4. The average Bonchev–Trinajstić information content (AvgIpc) is 3.37. The molecule has 1 amide bonds. The summed E-state index contributed by atoms with van der Waals surface area (Å²) in [5, 5.41) is 17.0. The van der Waals surface area contributed by atoms with E-state index in [9.17, 15) is 4.79 Å². The van der Waals surface area contributed by atoms with E-state index < -0.39 is 0 Å². The van der Waals surface area contributed by atoms with E-state index in [2.05, 4.69) is 25.7 Å². The third-order valence-corrected chi connectivity index (χ3v) is 6.86. The molecule has 0 saturated heterocycles. The molecule has 7 nitrogen and oxygen atoms in total. The SMILES string of the molecule is CCCNC(=O)CSc1nnc(SCc2nc(-c3cccs3)no2)s1. The molecule has 0 spiro atoms. The van der Waals surface area contributed by atoms with Crippen LogP contribution in [-0.4, -0.2) is 38.5 Å². The highest BCUT2D eigenvalue weighted by Gasteiger charge is 2.12. The van der Waals surface area contributed by atoms with Crippen LogP contribution in [0.25, 0.3) is 10.7 Å². The van der Waals surface area contributed by atoms with Gasteiger partial charge in [0.05, 0.1) is 16.4 Å². The minimum Gasteiger partial charge on any atom is -0.355 e. The summed E-state index contributed by atoms with van der Waals surface area (Å²) in [7, 11) is 0. The highest BCUT2D eigenvalue weighted by atomic mass is 32.2. The number of thiophene rings is 1. The van der Waals surface area contributed by atoms with Crippen molar-refractivity contribution in [2.24, 2.45) is 0 Å². The average molecular weight is 414 g/mol. The molecule has 3 rings (SSSR count). The molecule has 0 saturated carbocycles. The van der Waals surface area contributed by atoms with E-state index in [1.165, 1.54) is 34.9 Å². The van der Waals surface area contributed by atoms with Crippen LogP contribution in [0.3, 0.4) is 0 Å². The molecule has 0 bridgehead atoms. The third kappa shape index (κ3) is 5.53. The van der Waals surface area contributed by atoms with Gasteiger partial charge in [0.25, 0.3) is 0 Å². The van der Waals surface area contributed by atoms with Gasteiger partial charge in [0.1, 0.15) is 0 Å². The Morgan fingerprint density at radius 2 is 2.16 bits per heavy atom. The number of nitrogens with one attached hydrogen (secondary N) is 1. The fourth-order valence-electron chi connectivity index (χ4n) is 1.70. The number of amides is 1. The molecule has 11 heteroatoms. The molecule has 3 aromatic rings. The molecule has 0 unspecified atom stereocenters. The second-order valence-corrected chi connectivity index (χ2v) is 9.12. The first-order valence-corrected chi connectivity index (χ1v) is 11.1. The Balaban J connectivity index is 1.46. The van der Waals surface area contributed by atoms with E-state index in [1.807, 2.05) is 24.4 Å². The van der Waals surface area contributed by atoms with Gasteiger partial charge in [-0.2, -0.15) is 4.98 Å². The predicted molar refractivity (Wildman–Crippen MR) is 101 cm³/mol. The zero-order valence-corrected chi connectivity index (χ0v) is 16.6. The Bertz CT molecular complexity index is 802. The van der Waals surface area contributed by atoms with Gasteiger partial charge in [0, 0.05) is 6.54 Å². The second-order valence-electron chi connectivity index (χ2n) is 4.75. The van der Waals surface area contributed by atoms with Crippen LogP contribution in [0.2, 0.25) is 0 Å². The van der Waals surface area contributed by atoms with Crippen molar-refractivity contribution in [3.63, 3.8) is 0 Å². The number of thioether (sulfide) groups is 2. The summed E-state index contributed by atoms with van der Waals surface area (Å²) in [6.07, 6.45) is 0.930. The normalized spacial score (nSPS) is 10.9. The van der Waals surface area contributed by atoms with Crippen LogP contribution in [0.15, 0.2) is 30.7 Å². The number of hydrogen-bond acceptors (Lipinski definition) is 10. The van der Waals surface area contributed by atoms with Crippen molar-refractivity contribution in [2.75, 3.05) is 12.3 Å². The number of rotatable bonds is 9. The minimum absolute atomic E-state index is 0.0169. The molecule has 0 fully saturated rings. The zero-order chi connectivity index (χ0) is 17.5. The highest BCUT2D eigenvalue weighted by Crippen LogP contribution is 2.31. The Morgan fingerprint density at radius 3 is 2.92 bits per heavy atom. The third-order valence-electron chi connectivity index (χ3n) is 2.82. The van der Waals surface area contributed by atoms with Gasteiger partial charge < -0.3 is 9.84 Å². The van der Waals surface area contributed by atoms with Gasteiger partial charge in [-0.25, -0.2) is 0 Å². The molecule has 0 radical (unpaired) electrons. The fraction of sp³-hybridized carbons (Fsp3) is 0.357. The molecule has 0 atom stereocenters. The standard InChI is InChI=1S/C14H15N5O2S4/c1-2-5-15-10(20)7-23-13-17-18-14(25-13)24-8-11-16-12(19-21-11)9-4-3-6-22-9/h3-4,6H,2,5,7-8H2,1H3,(H,15,20). The maximum atomic E-state index is 11.6. The lowest BCUT2D eigenvalue weighted by Gasteiger charge is -2.00. The highest BCUT2D eigenvalue weighted by molar-refractivity contribution is 8.03. The van der Waals surface area contributed by atoms with E-state index in [4.69, 9.17) is 4.52 Å². The van der Waals surface area contributed by atoms with Crippen molar-refractivity contribution in [1.82, 2.24) is 25.7 Å². The van der Waals surface area contributed by atoms with E-state index >= 15 is 0 Å². The van der Waals surface area contributed by atoms with Crippen LogP contribution in [0.4, 0.5) is 0 Å². The number of nitrogens with zero attached hydrogens (tertiary/aromatic N) is 4. The maximum absolute atomic E-state index is 11.6. The molecule has 132 valence electrons. The van der Waals surface area contributed by atoms with Gasteiger partial charge in [-0.3, -0.25) is 4.79 Å². The van der Waals surface area contributed by atoms with E-state index in [1.54, 1.807) is 11.3 Å². The van der Waals surface area contributed by atoms with Gasteiger partial charge in [-0.05, 0) is 17.9 Å². The van der Waals surface area contributed by atoms with E-state index in [0.717, 1.165) is 20.0 Å². The largest absolute Gasteiger partial charge is 0.355 e. The van der Waals surface area contributed by atoms with Crippen molar-refractivity contribution in [3.05, 3.63) is 23.4 Å². The minimum atomic E-state index is 0.0169. The Labute approximate surface area is 161 Å². The van der Waals surface area contributed by atoms with Crippen molar-refractivity contribution in [2.45, 2.75) is 27.8 Å². The lowest BCUT2D eigenvalue weighted by Crippen LogP contribution is -2.25. The molecule has 0 aliphatic heterocycles. The first-order valence-electron chi connectivity index (χ1n) is 7.47. The van der Waals surface area contributed by atoms with Gasteiger partial charge in [-0.15, -0.1) is 21.5 Å². The number of carbonyl (C=O) groups excluding carboxylic acids is 1. The molecular weight excluding hydrogens is 398 g/mol. The quantitative estimate of drug-likeness (QED) is 0.532. The molecule has 0 aliphatic carbocycles. The van der Waals surface area contributed by atoms with E-state index in [0.29, 0.717) is 29.8 Å². The summed E-state index contributed by atoms with van der Waals surface area (Å²) in [4.78, 5) is 16.9. The van der Waals surface area contributed by atoms with Gasteiger partial charge in [0.2, 0.25) is 17.6 Å². The molecule has 1 N–H and O–H groups in total. The molecule has 0 aliphatic rings. The maximum Gasteiger partial charge on any atom is 0.237 e.